The van der Waals surface area contributed by atoms with Gasteiger partial charge in [0.15, 0.2) is 0 Å². The second-order valence-electron chi connectivity index (χ2n) is 4.24. The molecule has 25 heavy (non-hydrogen) atoms. The van der Waals surface area contributed by atoms with Crippen LogP contribution >= 0.6 is 11.6 Å². The molecule has 1 aromatic carbocycles. The Kier molecular flexibility index (Phi) is 15.8. The van der Waals surface area contributed by atoms with Gasteiger partial charge in [0.05, 0.1) is 0 Å². The fourth-order valence-corrected chi connectivity index (χ4v) is 2.12. The van der Waals surface area contributed by atoms with Crippen LogP contribution in [0.5, 0.6) is 11.5 Å². The lowest BCUT2D eigenvalue weighted by Gasteiger charge is -2.24. The molecule has 0 spiro atoms. The van der Waals surface area contributed by atoms with Gasteiger partial charge in [-0.3, -0.25) is 0 Å². The number of alkyl halides is 3. The highest BCUT2D eigenvalue weighted by molar-refractivity contribution is 6.30. The number of rotatable bonds is 3. The van der Waals surface area contributed by atoms with Crippen LogP contribution in [0.1, 0.15) is 54.4 Å². The van der Waals surface area contributed by atoms with Gasteiger partial charge in [-0.1, -0.05) is 53.1 Å². The molecule has 1 saturated heterocycles. The maximum absolute atomic E-state index is 12.1. The van der Waals surface area contributed by atoms with Crippen molar-refractivity contribution in [3.05, 3.63) is 23.2 Å². The molecule has 148 valence electrons. The molecule has 0 bridgehead atoms. The second kappa shape index (κ2) is 15.1. The van der Waals surface area contributed by atoms with Crippen molar-refractivity contribution in [3.63, 3.8) is 0 Å². The van der Waals surface area contributed by atoms with Crippen LogP contribution in [0.2, 0.25) is 5.02 Å². The Morgan fingerprint density at radius 2 is 1.40 bits per heavy atom. The van der Waals surface area contributed by atoms with Crippen LogP contribution in [-0.2, 0) is 0 Å². The number of piperidine rings is 1. The zero-order valence-electron chi connectivity index (χ0n) is 16.0. The van der Waals surface area contributed by atoms with Gasteiger partial charge in [0, 0.05) is 11.1 Å². The van der Waals surface area contributed by atoms with E-state index in [-0.39, 0.29) is 16.9 Å². The van der Waals surface area contributed by atoms with Gasteiger partial charge in [0.25, 0.3) is 0 Å². The predicted molar refractivity (Wildman–Crippen MR) is 98.7 cm³/mol. The molecule has 1 aromatic rings. The normalized spacial score (nSPS) is 13.8. The van der Waals surface area contributed by atoms with Crippen molar-refractivity contribution in [1.82, 2.24) is 5.32 Å². The summed E-state index contributed by atoms with van der Waals surface area (Å²) < 4.78 is 45.9. The van der Waals surface area contributed by atoms with Crippen molar-refractivity contribution < 1.29 is 22.6 Å². The lowest BCUT2D eigenvalue weighted by Crippen LogP contribution is -2.34. The van der Waals surface area contributed by atoms with Crippen LogP contribution in [0.25, 0.3) is 0 Å². The molecule has 0 saturated carbocycles. The van der Waals surface area contributed by atoms with E-state index in [1.165, 1.54) is 12.1 Å². The molecule has 7 heteroatoms. The molecule has 1 aliphatic rings. The van der Waals surface area contributed by atoms with Crippen LogP contribution in [-0.4, -0.2) is 25.6 Å². The van der Waals surface area contributed by atoms with Gasteiger partial charge >= 0.3 is 6.36 Å². The maximum atomic E-state index is 12.1. The third-order valence-corrected chi connectivity index (χ3v) is 2.89. The van der Waals surface area contributed by atoms with E-state index in [0.29, 0.717) is 5.75 Å². The van der Waals surface area contributed by atoms with Crippen molar-refractivity contribution in [2.45, 2.75) is 66.9 Å². The molecule has 1 fully saturated rings. The highest BCUT2D eigenvalue weighted by atomic mass is 35.5. The second-order valence-corrected chi connectivity index (χ2v) is 4.67. The summed E-state index contributed by atoms with van der Waals surface area (Å²) in [6.45, 7) is 13.7. The quantitative estimate of drug-likeness (QED) is 0.648. The SMILES string of the molecule is CC.CC.CC.FC(F)(F)Oc1cc(Cl)cc(OC2CCNCC2)c1. The molecule has 2 rings (SSSR count). The Labute approximate surface area is 154 Å². The third kappa shape index (κ3) is 12.8. The van der Waals surface area contributed by atoms with Gasteiger partial charge in [-0.05, 0) is 38.1 Å². The summed E-state index contributed by atoms with van der Waals surface area (Å²) in [5.74, 6) is -0.0809. The molecule has 1 heterocycles. The summed E-state index contributed by atoms with van der Waals surface area (Å²) in [5.41, 5.74) is 0. The van der Waals surface area contributed by atoms with E-state index < -0.39 is 6.36 Å². The van der Waals surface area contributed by atoms with Crippen molar-refractivity contribution in [3.8, 4) is 11.5 Å². The van der Waals surface area contributed by atoms with Crippen LogP contribution < -0.4 is 14.8 Å². The van der Waals surface area contributed by atoms with Gasteiger partial charge in [-0.25, -0.2) is 0 Å². The van der Waals surface area contributed by atoms with Gasteiger partial charge in [0.2, 0.25) is 0 Å². The molecule has 0 unspecified atom stereocenters. The zero-order chi connectivity index (χ0) is 19.9. The molecule has 0 atom stereocenters. The van der Waals surface area contributed by atoms with Crippen LogP contribution in [0, 0.1) is 0 Å². The third-order valence-electron chi connectivity index (χ3n) is 2.67. The summed E-state index contributed by atoms with van der Waals surface area (Å²) in [6.07, 6.45) is -3.14. The molecule has 0 aliphatic carbocycles. The minimum Gasteiger partial charge on any atom is -0.490 e. The first-order valence-corrected chi connectivity index (χ1v) is 9.24. The number of nitrogens with one attached hydrogen (secondary N) is 1. The van der Waals surface area contributed by atoms with Gasteiger partial charge in [-0.15, -0.1) is 13.2 Å². The molecule has 1 aliphatic heterocycles. The van der Waals surface area contributed by atoms with Crippen molar-refractivity contribution >= 4 is 11.6 Å². The van der Waals surface area contributed by atoms with E-state index in [2.05, 4.69) is 10.1 Å². The van der Waals surface area contributed by atoms with E-state index >= 15 is 0 Å². The molecule has 0 amide bonds. The van der Waals surface area contributed by atoms with Crippen LogP contribution in [0.4, 0.5) is 13.2 Å². The highest BCUT2D eigenvalue weighted by Crippen LogP contribution is 2.31. The van der Waals surface area contributed by atoms with Gasteiger partial charge < -0.3 is 14.8 Å². The Bertz CT molecular complexity index is 437. The monoisotopic (exact) mass is 385 g/mol. The average Bonchev–Trinajstić information content (AvgIpc) is 2.59. The van der Waals surface area contributed by atoms with E-state index in [0.717, 1.165) is 32.0 Å². The number of hydrogen-bond acceptors (Lipinski definition) is 3. The Balaban J connectivity index is 0. The molecular formula is C18H31ClF3NO2. The van der Waals surface area contributed by atoms with E-state index in [4.69, 9.17) is 16.3 Å². The first-order chi connectivity index (χ1) is 11.9. The molecular weight excluding hydrogens is 355 g/mol. The smallest absolute Gasteiger partial charge is 0.490 e. The summed E-state index contributed by atoms with van der Waals surface area (Å²) in [7, 11) is 0. The summed E-state index contributed by atoms with van der Waals surface area (Å²) in [4.78, 5) is 0. The fourth-order valence-electron chi connectivity index (χ4n) is 1.90. The van der Waals surface area contributed by atoms with E-state index in [9.17, 15) is 13.2 Å². The van der Waals surface area contributed by atoms with Crippen LogP contribution in [0.15, 0.2) is 18.2 Å². The molecule has 1 N–H and O–H groups in total. The van der Waals surface area contributed by atoms with Crippen molar-refractivity contribution in [1.29, 1.82) is 0 Å². The van der Waals surface area contributed by atoms with E-state index in [1.54, 1.807) is 0 Å². The lowest BCUT2D eigenvalue weighted by atomic mass is 10.1. The fraction of sp³-hybridized carbons (Fsp3) is 0.667. The van der Waals surface area contributed by atoms with Crippen molar-refractivity contribution in [2.24, 2.45) is 0 Å². The topological polar surface area (TPSA) is 30.5 Å². The van der Waals surface area contributed by atoms with Gasteiger partial charge in [-0.2, -0.15) is 0 Å². The first kappa shape index (κ1) is 26.1. The predicted octanol–water partition coefficient (Wildman–Crippen LogP) is 6.45. The van der Waals surface area contributed by atoms with Gasteiger partial charge in [0.1, 0.15) is 17.6 Å². The number of ether oxygens (including phenoxy) is 2. The number of benzene rings is 1. The van der Waals surface area contributed by atoms with E-state index in [1.807, 2.05) is 41.5 Å². The Hall–Kier alpha value is -1.14. The molecule has 3 nitrogen and oxygen atoms in total. The standard InChI is InChI=1S/C12H13ClF3NO2.3C2H6/c13-8-5-10(18-9-1-3-17-4-2-9)7-11(6-8)19-12(14,15)16;3*1-2/h5-7,9,17H,1-4H2;3*1-2H3. The maximum Gasteiger partial charge on any atom is 0.573 e. The number of hydrogen-bond donors (Lipinski definition) is 1. The largest absolute Gasteiger partial charge is 0.573 e. The zero-order valence-corrected chi connectivity index (χ0v) is 16.7. The number of halogens is 4. The Morgan fingerprint density at radius 3 is 1.88 bits per heavy atom. The molecule has 0 aromatic heterocycles. The average molecular weight is 386 g/mol. The summed E-state index contributed by atoms with van der Waals surface area (Å²) >= 11 is 5.76. The highest BCUT2D eigenvalue weighted by Gasteiger charge is 2.31. The lowest BCUT2D eigenvalue weighted by molar-refractivity contribution is -0.274. The molecule has 0 radical (unpaired) electrons. The first-order valence-electron chi connectivity index (χ1n) is 8.86. The summed E-state index contributed by atoms with van der Waals surface area (Å²) in [6, 6.07) is 3.78. The minimum atomic E-state index is -4.74. The van der Waals surface area contributed by atoms with Crippen molar-refractivity contribution in [2.75, 3.05) is 13.1 Å². The Morgan fingerprint density at radius 1 is 0.920 bits per heavy atom. The minimum absolute atomic E-state index is 0.0153. The van der Waals surface area contributed by atoms with Crippen LogP contribution in [0.3, 0.4) is 0 Å². The summed E-state index contributed by atoms with van der Waals surface area (Å²) in [5, 5.41) is 3.32.